The molecule has 0 heterocycles. The summed E-state index contributed by atoms with van der Waals surface area (Å²) in [5.74, 6) is -0.918. The first kappa shape index (κ1) is 11.9. The molecule has 96 valence electrons. The van der Waals surface area contributed by atoms with Gasteiger partial charge in [-0.3, -0.25) is 0 Å². The van der Waals surface area contributed by atoms with Gasteiger partial charge in [0.15, 0.2) is 0 Å². The summed E-state index contributed by atoms with van der Waals surface area (Å²) in [5.41, 5.74) is 13.2. The molecule has 3 N–H and O–H groups in total. The highest BCUT2D eigenvalue weighted by Gasteiger charge is 2.28. The molecule has 0 fully saturated rings. The van der Waals surface area contributed by atoms with Crippen molar-refractivity contribution in [3.05, 3.63) is 58.1 Å². The second kappa shape index (κ2) is 3.93. The monoisotopic (exact) mass is 253 g/mol. The first-order valence-electron chi connectivity index (χ1n) is 6.24. The first-order valence-corrected chi connectivity index (χ1v) is 6.24. The highest BCUT2D eigenvalue weighted by molar-refractivity contribution is 5.91. The Hall–Kier alpha value is -2.13. The number of rotatable bonds is 1. The highest BCUT2D eigenvalue weighted by atomic mass is 16.4. The van der Waals surface area contributed by atoms with Gasteiger partial charge in [0, 0.05) is 0 Å². The van der Waals surface area contributed by atoms with Crippen LogP contribution in [0.1, 0.15) is 38.7 Å². The van der Waals surface area contributed by atoms with Gasteiger partial charge in [0.25, 0.3) is 0 Å². The Kier molecular flexibility index (Phi) is 2.47. The van der Waals surface area contributed by atoms with Gasteiger partial charge in [-0.15, -0.1) is 0 Å². The molecule has 2 aromatic rings. The summed E-state index contributed by atoms with van der Waals surface area (Å²) < 4.78 is 0. The minimum Gasteiger partial charge on any atom is -0.478 e. The Morgan fingerprint density at radius 3 is 2.58 bits per heavy atom. The molecule has 3 nitrogen and oxygen atoms in total. The molecule has 3 heteroatoms. The van der Waals surface area contributed by atoms with E-state index in [0.29, 0.717) is 0 Å². The topological polar surface area (TPSA) is 63.3 Å². The third-order valence-corrected chi connectivity index (χ3v) is 4.01. The van der Waals surface area contributed by atoms with E-state index in [2.05, 4.69) is 19.9 Å². The van der Waals surface area contributed by atoms with Crippen LogP contribution in [-0.4, -0.2) is 11.1 Å². The molecular weight excluding hydrogens is 238 g/mol. The number of benzene rings is 2. The second-order valence-corrected chi connectivity index (χ2v) is 5.06. The minimum absolute atomic E-state index is 0.233. The largest absolute Gasteiger partial charge is 0.478 e. The van der Waals surface area contributed by atoms with Crippen molar-refractivity contribution in [2.24, 2.45) is 5.73 Å². The molecule has 1 atom stereocenters. The molecule has 2 aromatic carbocycles. The fourth-order valence-electron chi connectivity index (χ4n) is 2.80. The van der Waals surface area contributed by atoms with Gasteiger partial charge in [0.1, 0.15) is 0 Å². The lowest BCUT2D eigenvalue weighted by Gasteiger charge is -2.09. The van der Waals surface area contributed by atoms with Crippen LogP contribution in [-0.2, 0) is 0 Å². The first-order chi connectivity index (χ1) is 9.00. The third kappa shape index (κ3) is 1.59. The van der Waals surface area contributed by atoms with E-state index in [1.807, 2.05) is 12.1 Å². The minimum atomic E-state index is -0.918. The number of hydrogen-bond acceptors (Lipinski definition) is 2. The SMILES string of the molecule is Cc1ccc2c(c1C)-c1ccc(C(=O)O)cc1C2N. The average molecular weight is 253 g/mol. The van der Waals surface area contributed by atoms with Gasteiger partial charge in [-0.05, 0) is 59.4 Å². The molecule has 3 rings (SSSR count). The highest BCUT2D eigenvalue weighted by Crippen LogP contribution is 2.44. The number of hydrogen-bond donors (Lipinski definition) is 2. The van der Waals surface area contributed by atoms with Crippen molar-refractivity contribution in [2.75, 3.05) is 0 Å². The van der Waals surface area contributed by atoms with Crippen LogP contribution in [0.2, 0.25) is 0 Å². The van der Waals surface area contributed by atoms with Crippen molar-refractivity contribution in [1.29, 1.82) is 0 Å². The predicted octanol–water partition coefficient (Wildman–Crippen LogP) is 3.03. The predicted molar refractivity (Wildman–Crippen MR) is 74.3 cm³/mol. The van der Waals surface area contributed by atoms with Crippen LogP contribution in [0, 0.1) is 13.8 Å². The molecule has 0 bridgehead atoms. The van der Waals surface area contributed by atoms with Gasteiger partial charge in [-0.25, -0.2) is 4.79 Å². The van der Waals surface area contributed by atoms with E-state index < -0.39 is 5.97 Å². The summed E-state index contributed by atoms with van der Waals surface area (Å²) in [4.78, 5) is 11.1. The smallest absolute Gasteiger partial charge is 0.335 e. The molecule has 1 aliphatic carbocycles. The van der Waals surface area contributed by atoms with Gasteiger partial charge in [-0.2, -0.15) is 0 Å². The standard InChI is InChI=1S/C16H15NO2/c1-8-3-5-12-14(9(8)2)11-6-4-10(16(18)19)7-13(11)15(12)17/h3-7,15H,17H2,1-2H3,(H,18,19). The maximum absolute atomic E-state index is 11.1. The fraction of sp³-hybridized carbons (Fsp3) is 0.188. The number of nitrogens with two attached hydrogens (primary N) is 1. The van der Waals surface area contributed by atoms with Crippen molar-refractivity contribution in [3.63, 3.8) is 0 Å². The Morgan fingerprint density at radius 1 is 1.16 bits per heavy atom. The normalized spacial score (nSPS) is 16.1. The van der Waals surface area contributed by atoms with E-state index >= 15 is 0 Å². The van der Waals surface area contributed by atoms with Crippen LogP contribution in [0.3, 0.4) is 0 Å². The number of aromatic carboxylic acids is 1. The average Bonchev–Trinajstić information content (AvgIpc) is 2.67. The summed E-state index contributed by atoms with van der Waals surface area (Å²) in [6, 6.07) is 9.09. The van der Waals surface area contributed by atoms with Crippen LogP contribution in [0.15, 0.2) is 30.3 Å². The van der Waals surface area contributed by atoms with Gasteiger partial charge in [-0.1, -0.05) is 18.2 Å². The zero-order chi connectivity index (χ0) is 13.7. The Labute approximate surface area is 111 Å². The molecule has 0 aromatic heterocycles. The van der Waals surface area contributed by atoms with Crippen LogP contribution in [0.4, 0.5) is 0 Å². The fourth-order valence-corrected chi connectivity index (χ4v) is 2.80. The summed E-state index contributed by atoms with van der Waals surface area (Å²) in [5, 5.41) is 9.08. The van der Waals surface area contributed by atoms with Crippen molar-refractivity contribution >= 4 is 5.97 Å². The summed E-state index contributed by atoms with van der Waals surface area (Å²) in [6.45, 7) is 4.16. The quantitative estimate of drug-likeness (QED) is 0.821. The van der Waals surface area contributed by atoms with E-state index in [9.17, 15) is 4.79 Å². The van der Waals surface area contributed by atoms with E-state index in [4.69, 9.17) is 10.8 Å². The number of carbonyl (C=O) groups is 1. The van der Waals surface area contributed by atoms with E-state index in [-0.39, 0.29) is 11.6 Å². The molecule has 0 radical (unpaired) electrons. The molecule has 0 aliphatic heterocycles. The zero-order valence-electron chi connectivity index (χ0n) is 10.9. The lowest BCUT2D eigenvalue weighted by atomic mass is 9.96. The molecule has 19 heavy (non-hydrogen) atoms. The van der Waals surface area contributed by atoms with Crippen LogP contribution in [0.25, 0.3) is 11.1 Å². The molecule has 0 amide bonds. The number of carboxylic acids is 1. The van der Waals surface area contributed by atoms with Crippen molar-refractivity contribution in [2.45, 2.75) is 19.9 Å². The van der Waals surface area contributed by atoms with Gasteiger partial charge >= 0.3 is 5.97 Å². The number of aryl methyl sites for hydroxylation is 1. The zero-order valence-corrected chi connectivity index (χ0v) is 10.9. The number of fused-ring (bicyclic) bond motifs is 3. The van der Waals surface area contributed by atoms with Crippen molar-refractivity contribution in [3.8, 4) is 11.1 Å². The van der Waals surface area contributed by atoms with Crippen molar-refractivity contribution in [1.82, 2.24) is 0 Å². The van der Waals surface area contributed by atoms with Gasteiger partial charge in [0.2, 0.25) is 0 Å². The lowest BCUT2D eigenvalue weighted by molar-refractivity contribution is 0.0697. The van der Waals surface area contributed by atoms with Crippen LogP contribution >= 0.6 is 0 Å². The van der Waals surface area contributed by atoms with Gasteiger partial charge < -0.3 is 10.8 Å². The maximum Gasteiger partial charge on any atom is 0.335 e. The molecular formula is C16H15NO2. The summed E-state index contributed by atoms with van der Waals surface area (Å²) >= 11 is 0. The molecule has 0 saturated heterocycles. The van der Waals surface area contributed by atoms with Crippen LogP contribution in [0.5, 0.6) is 0 Å². The second-order valence-electron chi connectivity index (χ2n) is 5.06. The third-order valence-electron chi connectivity index (χ3n) is 4.01. The lowest BCUT2D eigenvalue weighted by Crippen LogP contribution is -2.09. The molecule has 0 saturated carbocycles. The Morgan fingerprint density at radius 2 is 1.89 bits per heavy atom. The van der Waals surface area contributed by atoms with Crippen LogP contribution < -0.4 is 5.73 Å². The van der Waals surface area contributed by atoms with Gasteiger partial charge in [0.05, 0.1) is 11.6 Å². The summed E-state index contributed by atoms with van der Waals surface area (Å²) in [6.07, 6.45) is 0. The Balaban J connectivity index is 2.29. The Bertz CT molecular complexity index is 704. The molecule has 0 spiro atoms. The number of carboxylic acid groups (broad SMARTS) is 1. The van der Waals surface area contributed by atoms with Crippen molar-refractivity contribution < 1.29 is 9.90 Å². The van der Waals surface area contributed by atoms with E-state index in [1.165, 1.54) is 16.7 Å². The maximum atomic E-state index is 11.1. The molecule has 1 aliphatic rings. The van der Waals surface area contributed by atoms with E-state index in [0.717, 1.165) is 16.7 Å². The van der Waals surface area contributed by atoms with E-state index in [1.54, 1.807) is 12.1 Å². The molecule has 1 unspecified atom stereocenters. The summed E-state index contributed by atoms with van der Waals surface area (Å²) in [7, 11) is 0.